The summed E-state index contributed by atoms with van der Waals surface area (Å²) in [4.78, 5) is 73.7. The number of rotatable bonds is 20. The van der Waals surface area contributed by atoms with Gasteiger partial charge in [-0.3, -0.25) is 19.2 Å². The number of fused-ring (bicyclic) bond motifs is 4. The molecule has 0 saturated carbocycles. The van der Waals surface area contributed by atoms with Crippen LogP contribution in [-0.2, 0) is 53.1 Å². The molecule has 0 saturated heterocycles. The number of esters is 6. The van der Waals surface area contributed by atoms with Gasteiger partial charge in [-0.1, -0.05) is 114 Å². The maximum absolute atomic E-state index is 12.9. The average molecular weight is 881 g/mol. The van der Waals surface area contributed by atoms with Crippen LogP contribution >= 0.6 is 0 Å². The largest absolute Gasteiger partial charge is 0.465 e. The van der Waals surface area contributed by atoms with Crippen LogP contribution < -0.4 is 9.47 Å². The molecule has 0 radical (unpaired) electrons. The molecule has 0 spiro atoms. The second kappa shape index (κ2) is 20.4. The van der Waals surface area contributed by atoms with Crippen LogP contribution in [0, 0.1) is 10.8 Å². The quantitative estimate of drug-likeness (QED) is 0.0310. The second-order valence-corrected chi connectivity index (χ2v) is 17.3. The highest BCUT2D eigenvalue weighted by Gasteiger charge is 2.46. The van der Waals surface area contributed by atoms with Crippen molar-refractivity contribution in [1.82, 2.24) is 0 Å². The number of carbonyl (C=O) groups is 6. The van der Waals surface area contributed by atoms with E-state index >= 15 is 0 Å². The molecule has 0 bridgehead atoms. The highest BCUT2D eigenvalue weighted by Crippen LogP contribution is 2.57. The Bertz CT molecular complexity index is 2490. The van der Waals surface area contributed by atoms with Crippen molar-refractivity contribution in [3.05, 3.63) is 157 Å². The summed E-state index contributed by atoms with van der Waals surface area (Å²) in [6, 6.07) is 35.3. The molecule has 1 aliphatic carbocycles. The van der Waals surface area contributed by atoms with Crippen molar-refractivity contribution < 1.29 is 57.2 Å². The molecule has 0 atom stereocenters. The molecule has 5 aromatic carbocycles. The third-order valence-electron chi connectivity index (χ3n) is 10.8. The Labute approximate surface area is 378 Å². The smallest absolute Gasteiger partial charge is 0.330 e. The predicted molar refractivity (Wildman–Crippen MR) is 243 cm³/mol. The maximum atomic E-state index is 12.9. The van der Waals surface area contributed by atoms with Gasteiger partial charge in [-0.05, 0) is 80.6 Å². The van der Waals surface area contributed by atoms with Crippen LogP contribution in [0.25, 0.3) is 21.9 Å². The summed E-state index contributed by atoms with van der Waals surface area (Å²) in [6.07, 6.45) is 1.31. The first-order valence-electron chi connectivity index (χ1n) is 21.2. The number of benzene rings is 5. The van der Waals surface area contributed by atoms with Gasteiger partial charge in [0.15, 0.2) is 0 Å². The maximum Gasteiger partial charge on any atom is 0.330 e. The Hall–Kier alpha value is -7.34. The monoisotopic (exact) mass is 880 g/mol. The Morgan fingerprint density at radius 3 is 1.34 bits per heavy atom. The summed E-state index contributed by atoms with van der Waals surface area (Å²) in [5, 5.41) is 2.14. The number of ether oxygens (including phenoxy) is 6. The minimum atomic E-state index is -0.857. The molecule has 5 aromatic rings. The molecular formula is C53H52O12. The predicted octanol–water partition coefficient (Wildman–Crippen LogP) is 9.17. The van der Waals surface area contributed by atoms with E-state index in [4.69, 9.17) is 28.4 Å². The third-order valence-corrected chi connectivity index (χ3v) is 10.8. The minimum absolute atomic E-state index is 0.0114. The van der Waals surface area contributed by atoms with E-state index in [1.807, 2.05) is 48.5 Å². The first-order valence-corrected chi connectivity index (χ1v) is 21.2. The molecule has 0 unspecified atom stereocenters. The van der Waals surface area contributed by atoms with E-state index in [1.54, 1.807) is 52.0 Å². The van der Waals surface area contributed by atoms with Gasteiger partial charge in [0.05, 0.1) is 57.5 Å². The van der Waals surface area contributed by atoms with E-state index in [-0.39, 0.29) is 52.1 Å². The van der Waals surface area contributed by atoms with Crippen LogP contribution in [0.4, 0.5) is 0 Å². The SMILES string of the molecule is C=CC(=O)OCC(C)(C)COC(=O)CCC(=O)Oc1ccc(C2(c3ccc(OC(=O)CCC(=O)OCC(C)(C)COC(=O)C=C)cc3)c3ccccc3-c3cc4ccccc4cc32)cc1. The molecule has 12 heteroatoms. The summed E-state index contributed by atoms with van der Waals surface area (Å²) in [7, 11) is 0. The van der Waals surface area contributed by atoms with Crippen LogP contribution in [0.2, 0.25) is 0 Å². The molecule has 65 heavy (non-hydrogen) atoms. The van der Waals surface area contributed by atoms with Crippen molar-refractivity contribution in [3.63, 3.8) is 0 Å². The van der Waals surface area contributed by atoms with Gasteiger partial charge in [-0.25, -0.2) is 9.59 Å². The lowest BCUT2D eigenvalue weighted by Gasteiger charge is -2.34. The van der Waals surface area contributed by atoms with Gasteiger partial charge in [-0.2, -0.15) is 0 Å². The lowest BCUT2D eigenvalue weighted by molar-refractivity contribution is -0.153. The molecule has 12 nitrogen and oxygen atoms in total. The van der Waals surface area contributed by atoms with Gasteiger partial charge in [0.25, 0.3) is 0 Å². The Kier molecular flexibility index (Phi) is 14.8. The zero-order valence-electron chi connectivity index (χ0n) is 37.0. The Morgan fingerprint density at radius 2 is 0.877 bits per heavy atom. The zero-order chi connectivity index (χ0) is 46.8. The standard InChI is InChI=1S/C53H52O12/c1-7-45(54)60-31-51(3,4)33-62-47(56)25-27-49(58)64-39-21-17-37(18-22-39)53(43-16-12-11-15-41(43)42-29-35-13-9-10-14-36(35)30-44(42)53)38-19-23-40(24-20-38)65-50(59)28-26-48(57)63-34-52(5,6)32-61-46(55)8-2/h7-24,29-30H,1-2,25-28,31-34H2,3-6H3. The van der Waals surface area contributed by atoms with Gasteiger partial charge >= 0.3 is 35.8 Å². The molecular weight excluding hydrogens is 829 g/mol. The summed E-state index contributed by atoms with van der Waals surface area (Å²) in [5.74, 6) is -2.95. The summed E-state index contributed by atoms with van der Waals surface area (Å²) in [5.41, 5.74) is 3.82. The molecule has 0 N–H and O–H groups in total. The first kappa shape index (κ1) is 47.1. The highest BCUT2D eigenvalue weighted by molar-refractivity contribution is 5.96. The van der Waals surface area contributed by atoms with Gasteiger partial charge in [0, 0.05) is 23.0 Å². The second-order valence-electron chi connectivity index (χ2n) is 17.3. The molecule has 0 fully saturated rings. The Balaban J connectivity index is 1.18. The molecule has 336 valence electrons. The molecule has 6 rings (SSSR count). The van der Waals surface area contributed by atoms with E-state index in [9.17, 15) is 28.8 Å². The first-order chi connectivity index (χ1) is 31.0. The number of hydrogen-bond donors (Lipinski definition) is 0. The van der Waals surface area contributed by atoms with Crippen molar-refractivity contribution in [2.45, 2.75) is 58.8 Å². The van der Waals surface area contributed by atoms with E-state index in [0.717, 1.165) is 56.3 Å². The highest BCUT2D eigenvalue weighted by atomic mass is 16.6. The van der Waals surface area contributed by atoms with E-state index in [1.165, 1.54) is 0 Å². The van der Waals surface area contributed by atoms with Gasteiger partial charge in [0.2, 0.25) is 0 Å². The van der Waals surface area contributed by atoms with Crippen molar-refractivity contribution in [3.8, 4) is 22.6 Å². The Morgan fingerprint density at radius 1 is 0.477 bits per heavy atom. The van der Waals surface area contributed by atoms with Crippen LogP contribution in [0.15, 0.2) is 135 Å². The van der Waals surface area contributed by atoms with Crippen LogP contribution in [0.3, 0.4) is 0 Å². The third kappa shape index (κ3) is 11.6. The normalized spacial score (nSPS) is 12.5. The summed E-state index contributed by atoms with van der Waals surface area (Å²) < 4.78 is 32.2. The number of carbonyl (C=O) groups excluding carboxylic acids is 6. The van der Waals surface area contributed by atoms with Crippen molar-refractivity contribution >= 4 is 46.6 Å². The van der Waals surface area contributed by atoms with Crippen LogP contribution in [0.1, 0.15) is 75.6 Å². The van der Waals surface area contributed by atoms with Crippen LogP contribution in [0.5, 0.6) is 11.5 Å². The molecule has 0 aliphatic heterocycles. The van der Waals surface area contributed by atoms with E-state index in [0.29, 0.717) is 11.5 Å². The molecule has 0 amide bonds. The molecule has 0 heterocycles. The summed E-state index contributed by atoms with van der Waals surface area (Å²) in [6.45, 7) is 13.9. The lowest BCUT2D eigenvalue weighted by atomic mass is 9.67. The van der Waals surface area contributed by atoms with E-state index < -0.39 is 52.1 Å². The van der Waals surface area contributed by atoms with Gasteiger partial charge in [0.1, 0.15) is 11.5 Å². The topological polar surface area (TPSA) is 158 Å². The van der Waals surface area contributed by atoms with Crippen molar-refractivity contribution in [2.75, 3.05) is 26.4 Å². The zero-order valence-corrected chi connectivity index (χ0v) is 37.0. The molecule has 0 aromatic heterocycles. The van der Waals surface area contributed by atoms with Gasteiger partial charge < -0.3 is 28.4 Å². The minimum Gasteiger partial charge on any atom is -0.465 e. The van der Waals surface area contributed by atoms with Crippen molar-refractivity contribution in [1.29, 1.82) is 0 Å². The van der Waals surface area contributed by atoms with Crippen molar-refractivity contribution in [2.24, 2.45) is 10.8 Å². The molecule has 1 aliphatic rings. The average Bonchev–Trinajstić information content (AvgIpc) is 3.59. The van der Waals surface area contributed by atoms with Crippen LogP contribution in [-0.4, -0.2) is 62.2 Å². The lowest BCUT2D eigenvalue weighted by Crippen LogP contribution is -2.28. The fraction of sp³-hybridized carbons (Fsp3) is 0.283. The van der Waals surface area contributed by atoms with Gasteiger partial charge in [-0.15, -0.1) is 0 Å². The summed E-state index contributed by atoms with van der Waals surface area (Å²) >= 11 is 0. The van der Waals surface area contributed by atoms with E-state index in [2.05, 4.69) is 49.6 Å². The fourth-order valence-corrected chi connectivity index (χ4v) is 7.50. The fourth-order valence-electron chi connectivity index (χ4n) is 7.50. The number of hydrogen-bond acceptors (Lipinski definition) is 12.